The number of hydrogen-bond acceptors (Lipinski definition) is 3. The molecule has 0 saturated heterocycles. The largest absolute Gasteiger partial charge is 0.480 e. The number of aromatic nitrogens is 1. The third kappa shape index (κ3) is 3.43. The fourth-order valence-electron chi connectivity index (χ4n) is 3.45. The van der Waals surface area contributed by atoms with Crippen molar-refractivity contribution in [2.24, 2.45) is 10.9 Å². The Morgan fingerprint density at radius 3 is 2.71 bits per heavy atom. The minimum Gasteiger partial charge on any atom is -0.480 e. The zero-order valence-corrected chi connectivity index (χ0v) is 14.6. The molecular formula is C18H22N2O3S. The van der Waals surface area contributed by atoms with Crippen molar-refractivity contribution in [3.8, 4) is 0 Å². The van der Waals surface area contributed by atoms with E-state index >= 15 is 0 Å². The van der Waals surface area contributed by atoms with Gasteiger partial charge in [-0.2, -0.15) is 4.99 Å². The molecule has 1 aliphatic carbocycles. The lowest BCUT2D eigenvalue weighted by atomic mass is 10.0. The number of amides is 1. The molecule has 1 heterocycles. The number of fused-ring (bicyclic) bond motifs is 1. The van der Waals surface area contributed by atoms with Gasteiger partial charge in [0.1, 0.15) is 6.04 Å². The van der Waals surface area contributed by atoms with Gasteiger partial charge in [0.15, 0.2) is 4.80 Å². The first-order chi connectivity index (χ1) is 11.6. The summed E-state index contributed by atoms with van der Waals surface area (Å²) in [5.74, 6) is -0.598. The fourth-order valence-corrected chi connectivity index (χ4v) is 4.54. The molecule has 1 amide bonds. The summed E-state index contributed by atoms with van der Waals surface area (Å²) in [4.78, 5) is 28.8. The molecule has 5 nitrogen and oxygen atoms in total. The van der Waals surface area contributed by atoms with E-state index in [0.717, 1.165) is 23.1 Å². The number of hydrogen-bond donors (Lipinski definition) is 1. The van der Waals surface area contributed by atoms with E-state index in [2.05, 4.69) is 4.99 Å². The van der Waals surface area contributed by atoms with E-state index in [1.807, 2.05) is 31.2 Å². The lowest BCUT2D eigenvalue weighted by molar-refractivity contribution is -0.141. The second kappa shape index (κ2) is 7.30. The second-order valence-corrected chi connectivity index (χ2v) is 7.35. The molecule has 6 heteroatoms. The number of carbonyl (C=O) groups excluding carboxylic acids is 1. The molecule has 0 aliphatic heterocycles. The normalized spacial score (nSPS) is 17.5. The molecular weight excluding hydrogens is 324 g/mol. The summed E-state index contributed by atoms with van der Waals surface area (Å²) >= 11 is 1.38. The van der Waals surface area contributed by atoms with Crippen LogP contribution in [-0.2, 0) is 9.59 Å². The van der Waals surface area contributed by atoms with Gasteiger partial charge < -0.3 is 9.67 Å². The quantitative estimate of drug-likeness (QED) is 0.896. The summed E-state index contributed by atoms with van der Waals surface area (Å²) in [5, 5.41) is 9.55. The van der Waals surface area contributed by atoms with E-state index in [0.29, 0.717) is 23.6 Å². The topological polar surface area (TPSA) is 71.7 Å². The number of aliphatic carboxylic acids is 1. The second-order valence-electron chi connectivity index (χ2n) is 6.34. The molecule has 1 saturated carbocycles. The molecule has 2 aromatic rings. The van der Waals surface area contributed by atoms with Crippen molar-refractivity contribution in [2.75, 3.05) is 0 Å². The summed E-state index contributed by atoms with van der Waals surface area (Å²) < 4.78 is 2.65. The van der Waals surface area contributed by atoms with Gasteiger partial charge in [-0.05, 0) is 37.3 Å². The Kier molecular flexibility index (Phi) is 5.14. The number of para-hydroxylation sites is 1. The molecule has 1 unspecified atom stereocenters. The van der Waals surface area contributed by atoms with Gasteiger partial charge in [0.05, 0.1) is 10.2 Å². The number of nitrogens with zero attached hydrogens (tertiary/aromatic N) is 2. The van der Waals surface area contributed by atoms with Crippen molar-refractivity contribution in [3.05, 3.63) is 29.1 Å². The summed E-state index contributed by atoms with van der Waals surface area (Å²) in [7, 11) is 0. The van der Waals surface area contributed by atoms with Crippen LogP contribution in [0.25, 0.3) is 10.2 Å². The molecule has 24 heavy (non-hydrogen) atoms. The zero-order chi connectivity index (χ0) is 17.1. The first-order valence-corrected chi connectivity index (χ1v) is 9.32. The van der Waals surface area contributed by atoms with Gasteiger partial charge in [-0.25, -0.2) is 4.79 Å². The Morgan fingerprint density at radius 1 is 1.33 bits per heavy atom. The highest BCUT2D eigenvalue weighted by Crippen LogP contribution is 2.28. The van der Waals surface area contributed by atoms with Crippen LogP contribution in [0.1, 0.15) is 51.5 Å². The lowest BCUT2D eigenvalue weighted by Gasteiger charge is -2.13. The lowest BCUT2D eigenvalue weighted by Crippen LogP contribution is -2.27. The van der Waals surface area contributed by atoms with Crippen LogP contribution in [0, 0.1) is 5.92 Å². The molecule has 0 bridgehead atoms. The first kappa shape index (κ1) is 16.9. The van der Waals surface area contributed by atoms with Gasteiger partial charge in [-0.15, -0.1) is 0 Å². The molecule has 1 N–H and O–H groups in total. The third-order valence-corrected chi connectivity index (χ3v) is 5.71. The maximum Gasteiger partial charge on any atom is 0.326 e. The van der Waals surface area contributed by atoms with E-state index in [4.69, 9.17) is 0 Å². The van der Waals surface area contributed by atoms with E-state index in [-0.39, 0.29) is 5.91 Å². The average molecular weight is 346 g/mol. The Labute approximate surface area is 144 Å². The molecule has 3 rings (SSSR count). The summed E-state index contributed by atoms with van der Waals surface area (Å²) in [6.07, 6.45) is 5.49. The molecule has 1 atom stereocenters. The highest BCUT2D eigenvalue weighted by atomic mass is 32.1. The zero-order valence-electron chi connectivity index (χ0n) is 13.8. The van der Waals surface area contributed by atoms with Gasteiger partial charge in [0.2, 0.25) is 5.91 Å². The van der Waals surface area contributed by atoms with Crippen molar-refractivity contribution >= 4 is 33.4 Å². The van der Waals surface area contributed by atoms with Crippen LogP contribution in [-0.4, -0.2) is 21.6 Å². The molecule has 0 spiro atoms. The van der Waals surface area contributed by atoms with Crippen molar-refractivity contribution in [3.63, 3.8) is 0 Å². The highest BCUT2D eigenvalue weighted by molar-refractivity contribution is 7.16. The summed E-state index contributed by atoms with van der Waals surface area (Å²) in [6, 6.07) is 6.90. The smallest absolute Gasteiger partial charge is 0.326 e. The van der Waals surface area contributed by atoms with Crippen molar-refractivity contribution in [1.29, 1.82) is 0 Å². The predicted octanol–water partition coefficient (Wildman–Crippen LogP) is 3.75. The van der Waals surface area contributed by atoms with Crippen LogP contribution in [0.5, 0.6) is 0 Å². The fraction of sp³-hybridized carbons (Fsp3) is 0.500. The van der Waals surface area contributed by atoms with Crippen LogP contribution in [0.15, 0.2) is 29.3 Å². The number of carbonyl (C=O) groups is 2. The third-order valence-electron chi connectivity index (χ3n) is 4.67. The molecule has 0 radical (unpaired) electrons. The molecule has 1 fully saturated rings. The van der Waals surface area contributed by atoms with Gasteiger partial charge in [0, 0.05) is 6.42 Å². The number of carboxylic acids is 1. The maximum absolute atomic E-state index is 12.4. The molecule has 1 aliphatic rings. The Balaban J connectivity index is 2.03. The standard InChI is InChI=1S/C18H22N2O3S/c1-2-13(17(22)23)20-14-9-5-6-10-15(14)24-18(20)19-16(21)11-12-7-3-4-8-12/h5-6,9-10,12-13H,2-4,7-8,11H2,1H3,(H,22,23)/b19-18+. The van der Waals surface area contributed by atoms with Crippen molar-refractivity contribution in [2.45, 2.75) is 51.5 Å². The predicted molar refractivity (Wildman–Crippen MR) is 93.9 cm³/mol. The maximum atomic E-state index is 12.4. The van der Waals surface area contributed by atoms with Gasteiger partial charge >= 0.3 is 5.97 Å². The molecule has 128 valence electrons. The average Bonchev–Trinajstić information content (AvgIpc) is 3.16. The van der Waals surface area contributed by atoms with Gasteiger partial charge in [-0.3, -0.25) is 4.79 Å². The summed E-state index contributed by atoms with van der Waals surface area (Å²) in [5.41, 5.74) is 0.823. The van der Waals surface area contributed by atoms with Crippen LogP contribution in [0.2, 0.25) is 0 Å². The Bertz CT molecular complexity index is 815. The van der Waals surface area contributed by atoms with E-state index in [9.17, 15) is 14.7 Å². The number of carboxylic acid groups (broad SMARTS) is 1. The van der Waals surface area contributed by atoms with Crippen molar-refractivity contribution in [1.82, 2.24) is 4.57 Å². The van der Waals surface area contributed by atoms with E-state index in [1.54, 1.807) is 4.57 Å². The Morgan fingerprint density at radius 2 is 2.04 bits per heavy atom. The van der Waals surface area contributed by atoms with E-state index in [1.165, 1.54) is 24.2 Å². The number of thiazole rings is 1. The van der Waals surface area contributed by atoms with Gasteiger partial charge in [0.25, 0.3) is 0 Å². The number of rotatable bonds is 5. The van der Waals surface area contributed by atoms with E-state index < -0.39 is 12.0 Å². The summed E-state index contributed by atoms with van der Waals surface area (Å²) in [6.45, 7) is 1.84. The minimum absolute atomic E-state index is 0.137. The van der Waals surface area contributed by atoms with Crippen LogP contribution >= 0.6 is 11.3 Å². The molecule has 1 aromatic heterocycles. The number of benzene rings is 1. The minimum atomic E-state index is -0.897. The SMILES string of the molecule is CCC(C(=O)O)n1/c(=N\C(=O)CC2CCCC2)sc2ccccc21. The highest BCUT2D eigenvalue weighted by Gasteiger charge is 2.23. The monoisotopic (exact) mass is 346 g/mol. The Hall–Kier alpha value is -1.95. The van der Waals surface area contributed by atoms with Crippen LogP contribution in [0.4, 0.5) is 0 Å². The van der Waals surface area contributed by atoms with Crippen LogP contribution < -0.4 is 4.80 Å². The first-order valence-electron chi connectivity index (χ1n) is 8.50. The van der Waals surface area contributed by atoms with Crippen molar-refractivity contribution < 1.29 is 14.7 Å². The van der Waals surface area contributed by atoms with Crippen LogP contribution in [0.3, 0.4) is 0 Å². The van der Waals surface area contributed by atoms with Gasteiger partial charge in [-0.1, -0.05) is 43.2 Å². The molecule has 1 aromatic carbocycles.